The van der Waals surface area contributed by atoms with Crippen molar-refractivity contribution in [3.63, 3.8) is 0 Å². The third kappa shape index (κ3) is 3.48. The van der Waals surface area contributed by atoms with Crippen molar-refractivity contribution < 1.29 is 4.39 Å². The predicted molar refractivity (Wildman–Crippen MR) is 112 cm³/mol. The van der Waals surface area contributed by atoms with E-state index in [4.69, 9.17) is 0 Å². The normalized spacial score (nSPS) is 15.1. The zero-order chi connectivity index (χ0) is 20.7. The molecule has 1 fully saturated rings. The minimum Gasteiger partial charge on any atom is -0.337 e. The van der Waals surface area contributed by atoms with Crippen molar-refractivity contribution in [2.45, 2.75) is 6.92 Å². The first-order valence-corrected chi connectivity index (χ1v) is 9.82. The van der Waals surface area contributed by atoms with E-state index < -0.39 is 0 Å². The third-order valence-corrected chi connectivity index (χ3v) is 5.32. The van der Waals surface area contributed by atoms with Gasteiger partial charge in [-0.25, -0.2) is 14.4 Å². The van der Waals surface area contributed by atoms with Crippen LogP contribution in [-0.4, -0.2) is 67.7 Å². The summed E-state index contributed by atoms with van der Waals surface area (Å²) in [5.41, 5.74) is 3.90. The van der Waals surface area contributed by atoms with Crippen LogP contribution in [-0.2, 0) is 0 Å². The van der Waals surface area contributed by atoms with Crippen molar-refractivity contribution in [3.05, 3.63) is 54.5 Å². The number of likely N-dealkylation sites (N-methyl/N-ethyl adjacent to an activating group) is 1. The number of anilines is 1. The van der Waals surface area contributed by atoms with Gasteiger partial charge in [0.2, 0.25) is 5.95 Å². The van der Waals surface area contributed by atoms with Crippen LogP contribution in [0.4, 0.5) is 10.3 Å². The SMILES string of the molecule is Cc1cn2cc(-c3ccc(-c4cnc(N5CCN(C)CC5)nn4)nc3)cc(F)c2n1. The zero-order valence-electron chi connectivity index (χ0n) is 16.8. The van der Waals surface area contributed by atoms with E-state index in [0.29, 0.717) is 23.0 Å². The van der Waals surface area contributed by atoms with E-state index in [1.54, 1.807) is 23.0 Å². The van der Waals surface area contributed by atoms with Gasteiger partial charge in [0.05, 0.1) is 17.6 Å². The first-order valence-electron chi connectivity index (χ1n) is 9.82. The molecule has 0 spiro atoms. The Morgan fingerprint density at radius 1 is 0.900 bits per heavy atom. The summed E-state index contributed by atoms with van der Waals surface area (Å²) in [7, 11) is 2.11. The number of aryl methyl sites for hydroxylation is 1. The van der Waals surface area contributed by atoms with E-state index >= 15 is 0 Å². The van der Waals surface area contributed by atoms with E-state index in [1.807, 2.05) is 25.3 Å². The molecule has 1 aliphatic rings. The summed E-state index contributed by atoms with van der Waals surface area (Å²) in [6.45, 7) is 5.59. The summed E-state index contributed by atoms with van der Waals surface area (Å²) in [5, 5.41) is 8.58. The maximum absolute atomic E-state index is 14.4. The minimum absolute atomic E-state index is 0.322. The van der Waals surface area contributed by atoms with Crippen molar-refractivity contribution in [2.75, 3.05) is 38.1 Å². The molecule has 1 aliphatic heterocycles. The first kappa shape index (κ1) is 18.6. The standard InChI is InChI=1S/C21H21FN8/c1-14-12-30-13-16(9-17(22)20(30)25-14)15-3-4-18(23-10-15)19-11-24-21(27-26-19)29-7-5-28(2)6-8-29/h3-4,9-13H,5-8H2,1-2H3. The van der Waals surface area contributed by atoms with Crippen molar-refractivity contribution in [3.8, 4) is 22.5 Å². The van der Waals surface area contributed by atoms with Crippen LogP contribution < -0.4 is 4.90 Å². The van der Waals surface area contributed by atoms with E-state index in [-0.39, 0.29) is 5.82 Å². The Balaban J connectivity index is 1.37. The molecule has 0 saturated carbocycles. The van der Waals surface area contributed by atoms with E-state index in [2.05, 4.69) is 42.0 Å². The second-order valence-corrected chi connectivity index (χ2v) is 7.56. The Morgan fingerprint density at radius 3 is 2.43 bits per heavy atom. The summed E-state index contributed by atoms with van der Waals surface area (Å²) in [4.78, 5) is 17.6. The van der Waals surface area contributed by atoms with Crippen LogP contribution in [0.1, 0.15) is 5.69 Å². The Hall–Kier alpha value is -3.46. The van der Waals surface area contributed by atoms with Gasteiger partial charge in [0, 0.05) is 55.9 Å². The highest BCUT2D eigenvalue weighted by Crippen LogP contribution is 2.24. The summed E-state index contributed by atoms with van der Waals surface area (Å²) in [5.74, 6) is 0.280. The van der Waals surface area contributed by atoms with Crippen LogP contribution in [0, 0.1) is 12.7 Å². The number of pyridine rings is 2. The molecule has 0 aromatic carbocycles. The van der Waals surface area contributed by atoms with Gasteiger partial charge in [0.1, 0.15) is 5.69 Å². The lowest BCUT2D eigenvalue weighted by Gasteiger charge is -2.31. The van der Waals surface area contributed by atoms with Gasteiger partial charge in [-0.1, -0.05) is 6.07 Å². The highest BCUT2D eigenvalue weighted by atomic mass is 19.1. The molecule has 4 aromatic heterocycles. The molecule has 0 amide bonds. The Morgan fingerprint density at radius 2 is 1.73 bits per heavy atom. The average molecular weight is 404 g/mol. The predicted octanol–water partition coefficient (Wildman–Crippen LogP) is 2.45. The van der Waals surface area contributed by atoms with Crippen LogP contribution in [0.15, 0.2) is 43.0 Å². The molecule has 4 aromatic rings. The van der Waals surface area contributed by atoms with Crippen molar-refractivity contribution in [2.24, 2.45) is 0 Å². The van der Waals surface area contributed by atoms with Gasteiger partial charge in [-0.3, -0.25) is 4.98 Å². The minimum atomic E-state index is -0.362. The Bertz CT molecular complexity index is 1180. The second kappa shape index (κ2) is 7.42. The van der Waals surface area contributed by atoms with E-state index in [9.17, 15) is 4.39 Å². The smallest absolute Gasteiger partial charge is 0.245 e. The van der Waals surface area contributed by atoms with Crippen molar-refractivity contribution in [1.29, 1.82) is 0 Å². The number of halogens is 1. The zero-order valence-corrected chi connectivity index (χ0v) is 16.8. The Kier molecular flexibility index (Phi) is 4.59. The van der Waals surface area contributed by atoms with Gasteiger partial charge in [0.15, 0.2) is 11.5 Å². The van der Waals surface area contributed by atoms with Crippen molar-refractivity contribution >= 4 is 11.6 Å². The highest BCUT2D eigenvalue weighted by Gasteiger charge is 2.17. The third-order valence-electron chi connectivity index (χ3n) is 5.32. The number of hydrogen-bond donors (Lipinski definition) is 0. The molecule has 5 heterocycles. The molecule has 0 unspecified atom stereocenters. The largest absolute Gasteiger partial charge is 0.337 e. The van der Waals surface area contributed by atoms with Gasteiger partial charge < -0.3 is 14.2 Å². The average Bonchev–Trinajstić information content (AvgIpc) is 3.15. The Labute approximate surface area is 173 Å². The molecule has 0 N–H and O–H groups in total. The molecule has 9 heteroatoms. The molecule has 0 atom stereocenters. The number of nitrogens with zero attached hydrogens (tertiary/aromatic N) is 8. The summed E-state index contributed by atoms with van der Waals surface area (Å²) in [6, 6.07) is 5.21. The summed E-state index contributed by atoms with van der Waals surface area (Å²) >= 11 is 0. The quantitative estimate of drug-likeness (QED) is 0.519. The maximum atomic E-state index is 14.4. The molecule has 0 radical (unpaired) electrons. The van der Waals surface area contributed by atoms with Gasteiger partial charge >= 0.3 is 0 Å². The molecule has 30 heavy (non-hydrogen) atoms. The van der Waals surface area contributed by atoms with Crippen LogP contribution in [0.2, 0.25) is 0 Å². The fourth-order valence-electron chi connectivity index (χ4n) is 3.59. The van der Waals surface area contributed by atoms with Gasteiger partial charge in [-0.05, 0) is 26.1 Å². The van der Waals surface area contributed by atoms with Crippen LogP contribution in [0.3, 0.4) is 0 Å². The summed E-state index contributed by atoms with van der Waals surface area (Å²) < 4.78 is 16.1. The molecule has 8 nitrogen and oxygen atoms in total. The number of imidazole rings is 1. The molecule has 5 rings (SSSR count). The lowest BCUT2D eigenvalue weighted by Crippen LogP contribution is -2.45. The lowest BCUT2D eigenvalue weighted by molar-refractivity contribution is 0.311. The summed E-state index contributed by atoms with van der Waals surface area (Å²) in [6.07, 6.45) is 7.05. The lowest BCUT2D eigenvalue weighted by atomic mass is 10.1. The number of piperazine rings is 1. The maximum Gasteiger partial charge on any atom is 0.245 e. The molecule has 0 bridgehead atoms. The second-order valence-electron chi connectivity index (χ2n) is 7.56. The van der Waals surface area contributed by atoms with Crippen LogP contribution in [0.5, 0.6) is 0 Å². The first-order chi connectivity index (χ1) is 14.6. The van der Waals surface area contributed by atoms with E-state index in [1.165, 1.54) is 6.07 Å². The molecule has 1 saturated heterocycles. The monoisotopic (exact) mass is 404 g/mol. The topological polar surface area (TPSA) is 75.3 Å². The molecular formula is C21H21FN8. The van der Waals surface area contributed by atoms with Gasteiger partial charge in [0.25, 0.3) is 0 Å². The number of hydrogen-bond acceptors (Lipinski definition) is 7. The van der Waals surface area contributed by atoms with E-state index in [0.717, 1.165) is 43.0 Å². The van der Waals surface area contributed by atoms with Gasteiger partial charge in [-0.15, -0.1) is 10.2 Å². The number of fused-ring (bicyclic) bond motifs is 1. The molecule has 152 valence electrons. The van der Waals surface area contributed by atoms with Crippen molar-refractivity contribution in [1.82, 2.24) is 34.4 Å². The van der Waals surface area contributed by atoms with Gasteiger partial charge in [-0.2, -0.15) is 0 Å². The fraction of sp³-hybridized carbons (Fsp3) is 0.286. The highest BCUT2D eigenvalue weighted by molar-refractivity contribution is 5.66. The number of rotatable bonds is 3. The molecular weight excluding hydrogens is 383 g/mol. The van der Waals surface area contributed by atoms with Crippen LogP contribution in [0.25, 0.3) is 28.2 Å². The fourth-order valence-corrected chi connectivity index (χ4v) is 3.59. The number of aromatic nitrogens is 6. The molecule has 0 aliphatic carbocycles. The van der Waals surface area contributed by atoms with Crippen LogP contribution >= 0.6 is 0 Å².